The van der Waals surface area contributed by atoms with Gasteiger partial charge in [-0.25, -0.2) is 0 Å². The molecule has 0 heterocycles. The van der Waals surface area contributed by atoms with Gasteiger partial charge in [0.05, 0.1) is 22.8 Å². The van der Waals surface area contributed by atoms with Crippen LogP contribution in [0.3, 0.4) is 0 Å². The van der Waals surface area contributed by atoms with Gasteiger partial charge < -0.3 is 0 Å². The summed E-state index contributed by atoms with van der Waals surface area (Å²) in [4.78, 5) is 10.6. The number of para-hydroxylation sites is 2. The van der Waals surface area contributed by atoms with E-state index in [0.717, 1.165) is 35.6 Å². The highest BCUT2D eigenvalue weighted by Gasteiger charge is 2.43. The first kappa shape index (κ1) is 20.5. The van der Waals surface area contributed by atoms with Gasteiger partial charge in [0.25, 0.3) is 0 Å². The Balaban J connectivity index is 2.29. The highest BCUT2D eigenvalue weighted by Crippen LogP contribution is 2.44. The first-order chi connectivity index (χ1) is 13.0. The molecule has 1 saturated carbocycles. The van der Waals surface area contributed by atoms with Gasteiger partial charge in [0.15, 0.2) is 0 Å². The fourth-order valence-electron chi connectivity index (χ4n) is 4.10. The van der Waals surface area contributed by atoms with Crippen LogP contribution in [0.15, 0.2) is 46.4 Å². The van der Waals surface area contributed by atoms with E-state index in [9.17, 15) is 0 Å². The van der Waals surface area contributed by atoms with Crippen LogP contribution in [0.25, 0.3) is 0 Å². The van der Waals surface area contributed by atoms with Gasteiger partial charge in [-0.2, -0.15) is 0 Å². The summed E-state index contributed by atoms with van der Waals surface area (Å²) in [5.74, 6) is 0. The Morgan fingerprint density at radius 1 is 0.571 bits per heavy atom. The van der Waals surface area contributed by atoms with Crippen molar-refractivity contribution in [3.8, 4) is 0 Å². The highest BCUT2D eigenvalue weighted by molar-refractivity contribution is 6.47. The van der Waals surface area contributed by atoms with Gasteiger partial charge in [-0.05, 0) is 62.8 Å². The molecule has 0 aromatic heterocycles. The number of hydrogen-bond donors (Lipinski definition) is 0. The van der Waals surface area contributed by atoms with E-state index in [1.165, 1.54) is 22.3 Å². The first-order valence-corrected chi connectivity index (χ1v) is 10.3. The number of benzene rings is 2. The van der Waals surface area contributed by atoms with Crippen molar-refractivity contribution in [2.45, 2.75) is 68.2 Å². The van der Waals surface area contributed by atoms with Crippen molar-refractivity contribution in [3.63, 3.8) is 0 Å². The molecular formula is C26H34N2. The maximum atomic E-state index is 5.29. The molecule has 148 valence electrons. The molecule has 0 N–H and O–H groups in total. The summed E-state index contributed by atoms with van der Waals surface area (Å²) in [6.07, 6.45) is 2.24. The van der Waals surface area contributed by atoms with Gasteiger partial charge in [0.1, 0.15) is 0 Å². The van der Waals surface area contributed by atoms with E-state index in [2.05, 4.69) is 91.8 Å². The summed E-state index contributed by atoms with van der Waals surface area (Å²) in [6, 6.07) is 12.8. The van der Waals surface area contributed by atoms with Crippen molar-refractivity contribution in [2.24, 2.45) is 20.8 Å². The molecular weight excluding hydrogens is 340 g/mol. The summed E-state index contributed by atoms with van der Waals surface area (Å²) in [6.45, 7) is 17.9. The molecule has 2 aromatic rings. The molecule has 0 spiro atoms. The Kier molecular flexibility index (Phi) is 5.36. The van der Waals surface area contributed by atoms with Crippen LogP contribution in [0.4, 0.5) is 11.4 Å². The molecule has 1 aliphatic carbocycles. The molecule has 0 bridgehead atoms. The maximum Gasteiger partial charge on any atom is 0.0692 e. The van der Waals surface area contributed by atoms with E-state index < -0.39 is 0 Å². The summed E-state index contributed by atoms with van der Waals surface area (Å²) in [5, 5.41) is 0. The second-order valence-corrected chi connectivity index (χ2v) is 9.67. The van der Waals surface area contributed by atoms with Gasteiger partial charge in [-0.1, -0.05) is 64.1 Å². The lowest BCUT2D eigenvalue weighted by atomic mass is 9.64. The summed E-state index contributed by atoms with van der Waals surface area (Å²) >= 11 is 0. The van der Waals surface area contributed by atoms with Crippen molar-refractivity contribution >= 4 is 22.8 Å². The predicted octanol–water partition coefficient (Wildman–Crippen LogP) is 7.61. The zero-order valence-corrected chi connectivity index (χ0v) is 18.8. The summed E-state index contributed by atoms with van der Waals surface area (Å²) in [7, 11) is 0. The minimum atomic E-state index is -0.000333. The lowest BCUT2D eigenvalue weighted by Crippen LogP contribution is -2.45. The molecule has 2 heteroatoms. The van der Waals surface area contributed by atoms with E-state index in [1.807, 2.05) is 0 Å². The number of aliphatic imine (C=N–C) groups is 2. The van der Waals surface area contributed by atoms with Gasteiger partial charge in [0, 0.05) is 10.8 Å². The normalized spacial score (nSPS) is 21.3. The predicted molar refractivity (Wildman–Crippen MR) is 123 cm³/mol. The topological polar surface area (TPSA) is 24.7 Å². The third-order valence-electron chi connectivity index (χ3n) is 6.21. The van der Waals surface area contributed by atoms with E-state index in [4.69, 9.17) is 9.98 Å². The van der Waals surface area contributed by atoms with E-state index in [0.29, 0.717) is 0 Å². The van der Waals surface area contributed by atoms with Crippen LogP contribution in [0.5, 0.6) is 0 Å². The van der Waals surface area contributed by atoms with Crippen LogP contribution < -0.4 is 0 Å². The number of hydrogen-bond acceptors (Lipinski definition) is 2. The third-order valence-corrected chi connectivity index (χ3v) is 6.21. The minimum absolute atomic E-state index is 0.000333. The molecule has 28 heavy (non-hydrogen) atoms. The number of rotatable bonds is 2. The average Bonchev–Trinajstić information content (AvgIpc) is 2.59. The fraction of sp³-hybridized carbons (Fsp3) is 0.462. The van der Waals surface area contributed by atoms with Crippen molar-refractivity contribution in [3.05, 3.63) is 58.7 Å². The average molecular weight is 375 g/mol. The molecule has 0 amide bonds. The van der Waals surface area contributed by atoms with Gasteiger partial charge in [0.2, 0.25) is 0 Å². The van der Waals surface area contributed by atoms with E-state index >= 15 is 0 Å². The van der Waals surface area contributed by atoms with Crippen LogP contribution in [-0.4, -0.2) is 11.4 Å². The van der Waals surface area contributed by atoms with Crippen LogP contribution in [-0.2, 0) is 0 Å². The first-order valence-electron chi connectivity index (χ1n) is 10.3. The smallest absolute Gasteiger partial charge is 0.0692 e. The van der Waals surface area contributed by atoms with Crippen LogP contribution >= 0.6 is 0 Å². The van der Waals surface area contributed by atoms with Gasteiger partial charge >= 0.3 is 0 Å². The quantitative estimate of drug-likeness (QED) is 0.516. The second-order valence-electron chi connectivity index (χ2n) is 9.67. The summed E-state index contributed by atoms with van der Waals surface area (Å²) < 4.78 is 0. The van der Waals surface area contributed by atoms with E-state index in [1.54, 1.807) is 0 Å². The van der Waals surface area contributed by atoms with Gasteiger partial charge in [-0.15, -0.1) is 0 Å². The van der Waals surface area contributed by atoms with E-state index in [-0.39, 0.29) is 10.8 Å². The Hall–Kier alpha value is -2.22. The maximum absolute atomic E-state index is 5.29. The molecule has 0 atom stereocenters. The highest BCUT2D eigenvalue weighted by atomic mass is 14.9. The Morgan fingerprint density at radius 3 is 1.14 bits per heavy atom. The van der Waals surface area contributed by atoms with Crippen molar-refractivity contribution in [2.75, 3.05) is 0 Å². The zero-order valence-electron chi connectivity index (χ0n) is 18.8. The monoisotopic (exact) mass is 374 g/mol. The Labute approximate surface area is 170 Å². The standard InChI is InChI=1S/C26H34N2/c1-17-11-9-12-18(2)21(17)27-23-24(26(7,8)16-15-25(23,5)6)28-22-19(3)13-10-14-20(22)4/h9-14H,15-16H2,1-8H3. The molecule has 2 aromatic carbocycles. The summed E-state index contributed by atoms with van der Waals surface area (Å²) in [5.41, 5.74) is 9.36. The van der Waals surface area contributed by atoms with Crippen molar-refractivity contribution in [1.82, 2.24) is 0 Å². The molecule has 3 rings (SSSR count). The molecule has 1 aliphatic rings. The number of aryl methyl sites for hydroxylation is 4. The molecule has 0 saturated heterocycles. The van der Waals surface area contributed by atoms with Crippen molar-refractivity contribution in [1.29, 1.82) is 0 Å². The molecule has 2 nitrogen and oxygen atoms in total. The van der Waals surface area contributed by atoms with Gasteiger partial charge in [-0.3, -0.25) is 9.98 Å². The second kappa shape index (κ2) is 7.31. The largest absolute Gasteiger partial charge is 0.250 e. The zero-order chi connectivity index (χ0) is 20.7. The van der Waals surface area contributed by atoms with Crippen LogP contribution in [0.2, 0.25) is 0 Å². The Bertz CT molecular complexity index is 838. The third kappa shape index (κ3) is 3.83. The van der Waals surface area contributed by atoms with Crippen LogP contribution in [0.1, 0.15) is 62.8 Å². The lowest BCUT2D eigenvalue weighted by molar-refractivity contribution is 0.347. The molecule has 0 unspecified atom stereocenters. The molecule has 0 aliphatic heterocycles. The fourth-order valence-corrected chi connectivity index (χ4v) is 4.10. The van der Waals surface area contributed by atoms with Crippen LogP contribution in [0, 0.1) is 38.5 Å². The SMILES string of the molecule is Cc1cccc(C)c1N=C1C(=Nc2c(C)cccc2C)C(C)(C)CCC1(C)C. The minimum Gasteiger partial charge on any atom is -0.250 e. The van der Waals surface area contributed by atoms with Crippen molar-refractivity contribution < 1.29 is 0 Å². The number of nitrogens with zero attached hydrogens (tertiary/aromatic N) is 2. The Morgan fingerprint density at radius 2 is 0.857 bits per heavy atom. The molecule has 0 radical (unpaired) electrons. The molecule has 1 fully saturated rings. The lowest BCUT2D eigenvalue weighted by Gasteiger charge is -2.42.